The Labute approximate surface area is 492 Å². The molecule has 8 nitrogen and oxygen atoms in total. The maximum Gasteiger partial charge on any atom is 0.0716 e. The Bertz CT molecular complexity index is 3580. The van der Waals surface area contributed by atoms with E-state index in [1.165, 1.54) is 77.4 Å². The molecule has 1 aliphatic carbocycles. The van der Waals surface area contributed by atoms with Crippen molar-refractivity contribution in [2.45, 2.75) is 97.7 Å². The largest absolute Gasteiger partial charge is 0.381 e. The van der Waals surface area contributed by atoms with Gasteiger partial charge >= 0.3 is 0 Å². The minimum Gasteiger partial charge on any atom is -0.381 e. The van der Waals surface area contributed by atoms with Crippen LogP contribution in [0.2, 0.25) is 0 Å². The van der Waals surface area contributed by atoms with Crippen LogP contribution in [-0.4, -0.2) is 70.6 Å². The number of para-hydroxylation sites is 1. The molecule has 12 rings (SSSR count). The molecule has 2 aliphatic heterocycles. The second-order valence-electron chi connectivity index (χ2n) is 24.3. The van der Waals surface area contributed by atoms with Gasteiger partial charge in [0.25, 0.3) is 0 Å². The van der Waals surface area contributed by atoms with Crippen molar-refractivity contribution in [1.82, 2.24) is 4.57 Å². The zero-order chi connectivity index (χ0) is 56.6. The van der Waals surface area contributed by atoms with Crippen LogP contribution in [0.15, 0.2) is 182 Å². The van der Waals surface area contributed by atoms with E-state index in [2.05, 4.69) is 219 Å². The molecule has 0 radical (unpaired) electrons. The molecule has 0 saturated carbocycles. The predicted octanol–water partition coefficient (Wildman–Crippen LogP) is 18.2. The number of benzene rings is 8. The van der Waals surface area contributed by atoms with Gasteiger partial charge in [-0.15, -0.1) is 0 Å². The van der Waals surface area contributed by atoms with Gasteiger partial charge in [-0.3, -0.25) is 0 Å². The normalized spacial score (nSPS) is 15.5. The summed E-state index contributed by atoms with van der Waals surface area (Å²) in [4.78, 5) is 2.41. The van der Waals surface area contributed by atoms with Crippen molar-refractivity contribution in [3.63, 3.8) is 0 Å². The summed E-state index contributed by atoms with van der Waals surface area (Å²) >= 11 is 0. The molecule has 8 aromatic carbocycles. The minimum absolute atomic E-state index is 0.127. The van der Waals surface area contributed by atoms with Crippen LogP contribution in [-0.2, 0) is 47.0 Å². The first-order chi connectivity index (χ1) is 40.7. The number of hydrogen-bond donors (Lipinski definition) is 0. The average Bonchev–Trinajstić information content (AvgIpc) is 2.86. The van der Waals surface area contributed by atoms with E-state index in [9.17, 15) is 0 Å². The van der Waals surface area contributed by atoms with Gasteiger partial charge in [0.05, 0.1) is 63.9 Å². The number of rotatable bonds is 28. The van der Waals surface area contributed by atoms with Crippen LogP contribution in [0, 0.1) is 10.8 Å². The van der Waals surface area contributed by atoms with Crippen molar-refractivity contribution >= 4 is 38.9 Å². The number of fused-ring (bicyclic) bond motifs is 6. The molecule has 9 aromatic rings. The summed E-state index contributed by atoms with van der Waals surface area (Å²) in [5.41, 5.74) is 19.7. The third-order valence-electron chi connectivity index (χ3n) is 18.2. The molecule has 3 aliphatic rings. The van der Waals surface area contributed by atoms with Gasteiger partial charge in [0.15, 0.2) is 0 Å². The van der Waals surface area contributed by atoms with Crippen LogP contribution in [0.25, 0.3) is 60.9 Å². The third kappa shape index (κ3) is 12.2. The molecule has 1 aromatic heterocycles. The first kappa shape index (κ1) is 56.6. The Morgan fingerprint density at radius 2 is 0.892 bits per heavy atom. The monoisotopic (exact) mass is 1110 g/mol. The van der Waals surface area contributed by atoms with E-state index in [4.69, 9.17) is 28.4 Å². The lowest BCUT2D eigenvalue weighted by molar-refractivity contribution is -0.150. The Kier molecular flexibility index (Phi) is 17.4. The molecule has 0 N–H and O–H groups in total. The number of aromatic nitrogens is 1. The standard InChI is InChI=1S/C75H82N2O6/c1-5-74(51-82-52-74)49-80-43-15-7-13-41-78-47-55-21-25-57(26-22-55)58-27-34-61(35-28-58)76(64-38-39-66-65-17-9-11-19-69(65)73(3,4)70(66)46-64)62-36-29-59(30-37-62)60-31-40-72-68(45-60)67-18-10-12-20-71(67)77(72)63-32-23-56(24-33-63)48-79-42-14-8-16-44-81-50-75(6-2)53-83-54-75/h9-12,17-40,45-46H,5-8,13-16,41-44,47-54H2,1-4H3. The minimum atomic E-state index is -0.127. The van der Waals surface area contributed by atoms with Crippen LogP contribution in [0.1, 0.15) is 101 Å². The van der Waals surface area contributed by atoms with Crippen molar-refractivity contribution in [3.05, 3.63) is 204 Å². The van der Waals surface area contributed by atoms with Crippen LogP contribution in [0.4, 0.5) is 17.1 Å². The molecule has 428 valence electrons. The fourth-order valence-corrected chi connectivity index (χ4v) is 12.5. The SMILES string of the molecule is CCC1(COCCCCCOCc2ccc(-c3ccc(N(c4ccc(-c5ccc6c(c5)c5ccccc5n6-c5ccc(COCCCCCOCC6(CC)COC6)cc5)cc4)c4ccc5c(c4)C(C)(C)c4ccccc4-5)cc3)cc2)COC1. The quantitative estimate of drug-likeness (QED) is 0.0453. The van der Waals surface area contributed by atoms with Gasteiger partial charge in [-0.2, -0.15) is 0 Å². The highest BCUT2D eigenvalue weighted by molar-refractivity contribution is 6.10. The summed E-state index contributed by atoms with van der Waals surface area (Å²) in [6.07, 6.45) is 8.68. The molecule has 0 spiro atoms. The molecular weight excluding hydrogens is 1020 g/mol. The van der Waals surface area contributed by atoms with Gasteiger partial charge in [-0.05, 0) is 174 Å². The van der Waals surface area contributed by atoms with Crippen LogP contribution >= 0.6 is 0 Å². The summed E-state index contributed by atoms with van der Waals surface area (Å²) in [6, 6.07) is 67.5. The first-order valence-corrected chi connectivity index (χ1v) is 30.7. The fraction of sp³-hybridized carbons (Fsp3) is 0.360. The molecule has 0 amide bonds. The van der Waals surface area contributed by atoms with E-state index in [1.807, 2.05) is 0 Å². The highest BCUT2D eigenvalue weighted by Crippen LogP contribution is 2.51. The Morgan fingerprint density at radius 3 is 1.46 bits per heavy atom. The number of hydrogen-bond acceptors (Lipinski definition) is 7. The van der Waals surface area contributed by atoms with Crippen molar-refractivity contribution < 1.29 is 28.4 Å². The topological polar surface area (TPSA) is 63.6 Å². The Hall–Kier alpha value is -6.88. The van der Waals surface area contributed by atoms with Gasteiger partial charge in [0.2, 0.25) is 0 Å². The van der Waals surface area contributed by atoms with Crippen LogP contribution in [0.5, 0.6) is 0 Å². The fourth-order valence-electron chi connectivity index (χ4n) is 12.5. The van der Waals surface area contributed by atoms with Gasteiger partial charge in [-0.1, -0.05) is 143 Å². The van der Waals surface area contributed by atoms with Crippen molar-refractivity contribution in [2.24, 2.45) is 10.8 Å². The molecule has 3 heterocycles. The van der Waals surface area contributed by atoms with Crippen molar-refractivity contribution in [3.8, 4) is 39.1 Å². The third-order valence-corrected chi connectivity index (χ3v) is 18.2. The molecule has 8 heteroatoms. The highest BCUT2D eigenvalue weighted by Gasteiger charge is 2.38. The summed E-state index contributed by atoms with van der Waals surface area (Å²) in [7, 11) is 0. The lowest BCUT2D eigenvalue weighted by Gasteiger charge is -2.40. The zero-order valence-corrected chi connectivity index (χ0v) is 49.3. The van der Waals surface area contributed by atoms with Gasteiger partial charge in [0, 0.05) is 76.2 Å². The van der Waals surface area contributed by atoms with Crippen molar-refractivity contribution in [1.29, 1.82) is 0 Å². The summed E-state index contributed by atoms with van der Waals surface area (Å²) < 4.78 is 37.5. The van der Waals surface area contributed by atoms with Crippen LogP contribution in [0.3, 0.4) is 0 Å². The molecule has 2 fully saturated rings. The van der Waals surface area contributed by atoms with E-state index in [1.54, 1.807) is 0 Å². The Morgan fingerprint density at radius 1 is 0.422 bits per heavy atom. The summed E-state index contributed by atoms with van der Waals surface area (Å²) in [5, 5.41) is 2.47. The van der Waals surface area contributed by atoms with Gasteiger partial charge in [-0.25, -0.2) is 0 Å². The average molecular weight is 1110 g/mol. The van der Waals surface area contributed by atoms with Gasteiger partial charge < -0.3 is 37.9 Å². The van der Waals surface area contributed by atoms with E-state index >= 15 is 0 Å². The Balaban J connectivity index is 0.720. The molecular formula is C75H82N2O6. The van der Waals surface area contributed by atoms with Gasteiger partial charge in [0.1, 0.15) is 0 Å². The molecule has 0 bridgehead atoms. The smallest absolute Gasteiger partial charge is 0.0716 e. The highest BCUT2D eigenvalue weighted by atomic mass is 16.5. The molecule has 2 saturated heterocycles. The predicted molar refractivity (Wildman–Crippen MR) is 340 cm³/mol. The number of ether oxygens (including phenoxy) is 6. The van der Waals surface area contributed by atoms with Crippen LogP contribution < -0.4 is 4.90 Å². The molecule has 83 heavy (non-hydrogen) atoms. The lowest BCUT2D eigenvalue weighted by atomic mass is 9.82. The second kappa shape index (κ2) is 25.5. The number of unbranched alkanes of at least 4 members (excludes halogenated alkanes) is 4. The molecule has 0 atom stereocenters. The number of nitrogens with zero attached hydrogens (tertiary/aromatic N) is 2. The van der Waals surface area contributed by atoms with E-state index in [0.29, 0.717) is 13.2 Å². The molecule has 0 unspecified atom stereocenters. The first-order valence-electron chi connectivity index (χ1n) is 30.7. The van der Waals surface area contributed by atoms with E-state index in [-0.39, 0.29) is 16.2 Å². The van der Waals surface area contributed by atoms with Crippen molar-refractivity contribution in [2.75, 3.05) is 71.0 Å². The van der Waals surface area contributed by atoms with E-state index < -0.39 is 0 Å². The number of anilines is 3. The maximum atomic E-state index is 6.13. The zero-order valence-electron chi connectivity index (χ0n) is 49.3. The second-order valence-corrected chi connectivity index (χ2v) is 24.3. The maximum absolute atomic E-state index is 6.13. The van der Waals surface area contributed by atoms with E-state index in [0.717, 1.165) is 140 Å². The lowest BCUT2D eigenvalue weighted by Crippen LogP contribution is -2.45. The summed E-state index contributed by atoms with van der Waals surface area (Å²) in [6.45, 7) is 18.5. The summed E-state index contributed by atoms with van der Waals surface area (Å²) in [5.74, 6) is 0.